The lowest BCUT2D eigenvalue weighted by molar-refractivity contribution is -0.132. The van der Waals surface area contributed by atoms with E-state index in [0.717, 1.165) is 17.8 Å². The van der Waals surface area contributed by atoms with Crippen LogP contribution >= 0.6 is 11.8 Å². The summed E-state index contributed by atoms with van der Waals surface area (Å²) in [5, 5.41) is 0. The molecule has 1 aromatic rings. The Bertz CT molecular complexity index is 856. The molecule has 0 heterocycles. The van der Waals surface area contributed by atoms with Crippen LogP contribution < -0.4 is 4.72 Å². The van der Waals surface area contributed by atoms with Crippen molar-refractivity contribution >= 4 is 27.7 Å². The molecule has 6 nitrogen and oxygen atoms in total. The molecule has 0 radical (unpaired) electrons. The lowest BCUT2D eigenvalue weighted by Gasteiger charge is -2.21. The lowest BCUT2D eigenvalue weighted by Crippen LogP contribution is -2.28. The number of benzene rings is 1. The van der Waals surface area contributed by atoms with Crippen molar-refractivity contribution in [3.05, 3.63) is 52.9 Å². The molecule has 28 heavy (non-hydrogen) atoms. The fourth-order valence-corrected chi connectivity index (χ4v) is 4.36. The van der Waals surface area contributed by atoms with Gasteiger partial charge in [0, 0.05) is 32.8 Å². The van der Waals surface area contributed by atoms with Crippen molar-refractivity contribution in [1.82, 2.24) is 9.62 Å². The number of hydrogen-bond donors (Lipinski definition) is 1. The summed E-state index contributed by atoms with van der Waals surface area (Å²) >= 11 is 1.16. The number of nitrogens with zero attached hydrogens (tertiary/aromatic N) is 1. The van der Waals surface area contributed by atoms with Crippen LogP contribution in [0.5, 0.6) is 0 Å². The minimum atomic E-state index is -3.61. The first-order valence-electron chi connectivity index (χ1n) is 8.45. The van der Waals surface area contributed by atoms with Gasteiger partial charge in [0.25, 0.3) is 5.91 Å². The van der Waals surface area contributed by atoms with Crippen LogP contribution in [-0.2, 0) is 19.6 Å². The van der Waals surface area contributed by atoms with E-state index < -0.39 is 40.3 Å². The summed E-state index contributed by atoms with van der Waals surface area (Å²) in [6.07, 6.45) is -0.625. The average Bonchev–Trinajstić information content (AvgIpc) is 2.65. The van der Waals surface area contributed by atoms with Gasteiger partial charge >= 0.3 is 0 Å². The molecule has 0 fully saturated rings. The molecule has 1 atom stereocenters. The fourth-order valence-electron chi connectivity index (χ4n) is 2.26. The fraction of sp³-hybridized carbons (Fsp3) is 0.389. The number of rotatable bonds is 9. The van der Waals surface area contributed by atoms with E-state index in [1.54, 1.807) is 18.2 Å². The van der Waals surface area contributed by atoms with Crippen molar-refractivity contribution in [2.24, 2.45) is 0 Å². The van der Waals surface area contributed by atoms with E-state index in [0.29, 0.717) is 10.7 Å². The van der Waals surface area contributed by atoms with E-state index in [4.69, 9.17) is 4.74 Å². The highest BCUT2D eigenvalue weighted by Gasteiger charge is 2.27. The third-order valence-corrected chi connectivity index (χ3v) is 6.31. The van der Waals surface area contributed by atoms with Crippen molar-refractivity contribution in [2.45, 2.75) is 17.5 Å². The second-order valence-electron chi connectivity index (χ2n) is 6.13. The van der Waals surface area contributed by atoms with E-state index in [-0.39, 0.29) is 17.9 Å². The van der Waals surface area contributed by atoms with Gasteiger partial charge < -0.3 is 9.64 Å². The zero-order valence-electron chi connectivity index (χ0n) is 15.5. The molecule has 1 amide bonds. The number of sulfonamides is 1. The molecule has 0 aromatic heterocycles. The van der Waals surface area contributed by atoms with Crippen LogP contribution in [-0.4, -0.2) is 58.4 Å². The highest BCUT2D eigenvalue weighted by Crippen LogP contribution is 2.34. The van der Waals surface area contributed by atoms with Crippen LogP contribution in [0.15, 0.2) is 57.8 Å². The Morgan fingerprint density at radius 1 is 1.32 bits per heavy atom. The van der Waals surface area contributed by atoms with Gasteiger partial charge in [-0.15, -0.1) is 11.8 Å². The molecule has 0 bridgehead atoms. The highest BCUT2D eigenvalue weighted by atomic mass is 32.2. The summed E-state index contributed by atoms with van der Waals surface area (Å²) in [5.41, 5.74) is 0. The zero-order valence-corrected chi connectivity index (χ0v) is 17.2. The van der Waals surface area contributed by atoms with E-state index in [2.05, 4.69) is 4.72 Å². The summed E-state index contributed by atoms with van der Waals surface area (Å²) in [4.78, 5) is 13.3. The maximum absolute atomic E-state index is 14.2. The number of carbonyl (C=O) groups is 1. The first kappa shape index (κ1) is 22.4. The number of hydrogen-bond acceptors (Lipinski definition) is 5. The van der Waals surface area contributed by atoms with Gasteiger partial charge in [0.1, 0.15) is 0 Å². The summed E-state index contributed by atoms with van der Waals surface area (Å²) < 4.78 is 59.9. The molecule has 2 rings (SSSR count). The molecule has 0 spiro atoms. The number of halogens is 2. The number of allylic oxidation sites excluding steroid dienone is 4. The second kappa shape index (κ2) is 10.0. The topological polar surface area (TPSA) is 75.7 Å². The third-order valence-electron chi connectivity index (χ3n) is 3.77. The quantitative estimate of drug-likeness (QED) is 0.607. The Kier molecular flexibility index (Phi) is 8.02. The normalized spacial score (nSPS) is 17.3. The van der Waals surface area contributed by atoms with Crippen LogP contribution in [0.4, 0.5) is 8.78 Å². The molecule has 154 valence electrons. The van der Waals surface area contributed by atoms with Gasteiger partial charge in [0.2, 0.25) is 10.0 Å². The molecule has 10 heteroatoms. The van der Waals surface area contributed by atoms with E-state index in [9.17, 15) is 22.0 Å². The van der Waals surface area contributed by atoms with E-state index in [1.807, 2.05) is 0 Å². The van der Waals surface area contributed by atoms with Crippen molar-refractivity contribution < 1.29 is 26.7 Å². The summed E-state index contributed by atoms with van der Waals surface area (Å²) in [5.74, 6) is -1.43. The first-order chi connectivity index (χ1) is 13.2. The van der Waals surface area contributed by atoms with Gasteiger partial charge in [-0.3, -0.25) is 4.79 Å². The van der Waals surface area contributed by atoms with Crippen molar-refractivity contribution in [1.29, 1.82) is 0 Å². The molecular weight excluding hydrogens is 410 g/mol. The second-order valence-corrected chi connectivity index (χ2v) is 9.12. The van der Waals surface area contributed by atoms with E-state index in [1.165, 1.54) is 31.1 Å². The Hall–Kier alpha value is -1.91. The van der Waals surface area contributed by atoms with Gasteiger partial charge in [-0.25, -0.2) is 21.9 Å². The van der Waals surface area contributed by atoms with Gasteiger partial charge in [0.15, 0.2) is 24.4 Å². The number of nitrogens with one attached hydrogen (secondary N) is 1. The molecule has 1 aliphatic carbocycles. The van der Waals surface area contributed by atoms with Crippen molar-refractivity contribution in [3.8, 4) is 0 Å². The Balaban J connectivity index is 1.86. The Morgan fingerprint density at radius 3 is 2.61 bits per heavy atom. The number of ether oxygens (including phenoxy) is 1. The van der Waals surface area contributed by atoms with Crippen molar-refractivity contribution in [3.63, 3.8) is 0 Å². The maximum Gasteiger partial charge on any atom is 0.259 e. The SMILES string of the molecule is CN(C)C(=O)COC1=C(F)C=C(SCCNS(=O)(=O)c2ccccc2)CC1F. The van der Waals surface area contributed by atoms with Crippen molar-refractivity contribution in [2.75, 3.05) is 33.0 Å². The largest absolute Gasteiger partial charge is 0.482 e. The van der Waals surface area contributed by atoms with Gasteiger partial charge in [-0.05, 0) is 23.1 Å². The number of thioether (sulfide) groups is 1. The van der Waals surface area contributed by atoms with Gasteiger partial charge in [-0.1, -0.05) is 18.2 Å². The third kappa shape index (κ3) is 6.32. The minimum Gasteiger partial charge on any atom is -0.482 e. The predicted octanol–water partition coefficient (Wildman–Crippen LogP) is 2.61. The molecule has 1 aliphatic rings. The number of alkyl halides is 1. The molecule has 0 saturated heterocycles. The van der Waals surface area contributed by atoms with Crippen LogP contribution in [0, 0.1) is 0 Å². The van der Waals surface area contributed by atoms with E-state index >= 15 is 0 Å². The standard InChI is InChI=1S/C18H22F2N2O4S2/c1-22(2)17(23)12-26-18-15(19)10-13(11-16(18)20)27-9-8-21-28(24,25)14-6-4-3-5-7-14/h3-7,10,16,21H,8-9,11-12H2,1-2H3. The lowest BCUT2D eigenvalue weighted by atomic mass is 10.1. The number of amides is 1. The molecule has 1 aromatic carbocycles. The number of likely N-dealkylation sites (N-methyl/N-ethyl adjacent to an activating group) is 1. The van der Waals surface area contributed by atoms with Gasteiger partial charge in [-0.2, -0.15) is 0 Å². The molecular formula is C18H22F2N2O4S2. The number of carbonyl (C=O) groups excluding carboxylic acids is 1. The molecule has 1 unspecified atom stereocenters. The van der Waals surface area contributed by atoms with Crippen LogP contribution in [0.25, 0.3) is 0 Å². The molecule has 0 aliphatic heterocycles. The van der Waals surface area contributed by atoms with Crippen LogP contribution in [0.2, 0.25) is 0 Å². The summed E-state index contributed by atoms with van der Waals surface area (Å²) in [7, 11) is -0.575. The Morgan fingerprint density at radius 2 is 2.00 bits per heavy atom. The molecule has 0 saturated carbocycles. The molecule has 1 N–H and O–H groups in total. The highest BCUT2D eigenvalue weighted by molar-refractivity contribution is 8.03. The van der Waals surface area contributed by atoms with Crippen LogP contribution in [0.1, 0.15) is 6.42 Å². The zero-order chi connectivity index (χ0) is 20.7. The van der Waals surface area contributed by atoms with Gasteiger partial charge in [0.05, 0.1) is 4.90 Å². The predicted molar refractivity (Wildman–Crippen MR) is 104 cm³/mol. The Labute approximate surface area is 167 Å². The van der Waals surface area contributed by atoms with Crippen LogP contribution in [0.3, 0.4) is 0 Å². The average molecular weight is 433 g/mol. The summed E-state index contributed by atoms with van der Waals surface area (Å²) in [6, 6.07) is 7.93. The minimum absolute atomic E-state index is 0.0883. The maximum atomic E-state index is 14.2. The monoisotopic (exact) mass is 432 g/mol. The first-order valence-corrected chi connectivity index (χ1v) is 10.9. The summed E-state index contributed by atoms with van der Waals surface area (Å²) in [6.45, 7) is -0.323. The smallest absolute Gasteiger partial charge is 0.259 e.